The maximum atomic E-state index is 12.3. The van der Waals surface area contributed by atoms with E-state index in [0.29, 0.717) is 15.6 Å². The minimum atomic E-state index is -1.10. The summed E-state index contributed by atoms with van der Waals surface area (Å²) >= 11 is 3.27. The quantitative estimate of drug-likeness (QED) is 0.543. The fourth-order valence-electron chi connectivity index (χ4n) is 2.37. The molecule has 3 aromatic rings. The van der Waals surface area contributed by atoms with Crippen molar-refractivity contribution in [2.24, 2.45) is 5.73 Å². The molecule has 1 aromatic carbocycles. The lowest BCUT2D eigenvalue weighted by atomic mass is 10.1. The molecule has 3 rings (SSSR count). The van der Waals surface area contributed by atoms with Crippen molar-refractivity contribution in [3.05, 3.63) is 64.5 Å². The monoisotopic (exact) mass is 416 g/mol. The summed E-state index contributed by atoms with van der Waals surface area (Å²) in [6.07, 6.45) is 4.14. The van der Waals surface area contributed by atoms with Gasteiger partial charge in [0.15, 0.2) is 5.82 Å². The number of rotatable bonds is 5. The molecule has 0 saturated carbocycles. The van der Waals surface area contributed by atoms with Gasteiger partial charge < -0.3 is 20.6 Å². The Labute approximate surface area is 155 Å². The summed E-state index contributed by atoms with van der Waals surface area (Å²) in [6, 6.07) is 6.48. The largest absolute Gasteiger partial charge is 0.478 e. The van der Waals surface area contributed by atoms with E-state index in [0.717, 1.165) is 6.20 Å². The van der Waals surface area contributed by atoms with Crippen LogP contribution in [0, 0.1) is 0 Å². The van der Waals surface area contributed by atoms with Crippen LogP contribution in [0.15, 0.2) is 51.7 Å². The number of carboxylic acid groups (broad SMARTS) is 1. The van der Waals surface area contributed by atoms with Crippen LogP contribution in [0.5, 0.6) is 0 Å². The third-order valence-corrected chi connectivity index (χ3v) is 3.96. The van der Waals surface area contributed by atoms with Gasteiger partial charge in [-0.2, -0.15) is 0 Å². The first kappa shape index (κ1) is 17.6. The maximum Gasteiger partial charge on any atom is 0.339 e. The summed E-state index contributed by atoms with van der Waals surface area (Å²) in [7, 11) is 0. The van der Waals surface area contributed by atoms with E-state index < -0.39 is 11.9 Å². The van der Waals surface area contributed by atoms with Crippen LogP contribution in [0.2, 0.25) is 0 Å². The van der Waals surface area contributed by atoms with Gasteiger partial charge in [0.05, 0.1) is 12.1 Å². The minimum Gasteiger partial charge on any atom is -0.478 e. The Hall–Kier alpha value is -3.20. The molecule has 8 nitrogen and oxygen atoms in total. The van der Waals surface area contributed by atoms with E-state index in [1.165, 1.54) is 18.5 Å². The topological polar surface area (TPSA) is 131 Å². The van der Waals surface area contributed by atoms with Crippen molar-refractivity contribution in [3.8, 4) is 0 Å². The Balaban J connectivity index is 1.80. The molecule has 0 radical (unpaired) electrons. The molecule has 4 N–H and O–H groups in total. The Morgan fingerprint density at radius 1 is 1.27 bits per heavy atom. The van der Waals surface area contributed by atoms with E-state index in [4.69, 9.17) is 10.2 Å². The Bertz CT molecular complexity index is 1010. The van der Waals surface area contributed by atoms with Crippen LogP contribution in [-0.2, 0) is 11.3 Å². The maximum absolute atomic E-state index is 12.3. The normalized spacial score (nSPS) is 11.5. The van der Waals surface area contributed by atoms with Gasteiger partial charge in [0.1, 0.15) is 16.9 Å². The summed E-state index contributed by atoms with van der Waals surface area (Å²) in [5.74, 6) is -0.969. The molecule has 1 amide bonds. The second kappa shape index (κ2) is 7.36. The number of carbonyl (C=O) groups excluding carboxylic acids is 1. The highest BCUT2D eigenvalue weighted by atomic mass is 79.9. The van der Waals surface area contributed by atoms with Gasteiger partial charge in [-0.25, -0.2) is 14.8 Å². The number of hydrogen-bond donors (Lipinski definition) is 3. The van der Waals surface area contributed by atoms with E-state index in [1.807, 2.05) is 0 Å². The van der Waals surface area contributed by atoms with Gasteiger partial charge in [-0.15, -0.1) is 0 Å². The minimum absolute atomic E-state index is 0.0344. The van der Waals surface area contributed by atoms with E-state index in [-0.39, 0.29) is 29.1 Å². The van der Waals surface area contributed by atoms with Crippen molar-refractivity contribution in [1.29, 1.82) is 0 Å². The first-order chi connectivity index (χ1) is 12.5. The number of nitrogens with one attached hydrogen (secondary N) is 1. The van der Waals surface area contributed by atoms with Gasteiger partial charge >= 0.3 is 5.97 Å². The molecular formula is C17H13BrN4O4. The summed E-state index contributed by atoms with van der Waals surface area (Å²) in [5.41, 5.74) is 5.91. The van der Waals surface area contributed by atoms with Crippen LogP contribution >= 0.6 is 15.9 Å². The number of amides is 1. The van der Waals surface area contributed by atoms with Gasteiger partial charge in [0, 0.05) is 28.5 Å². The predicted octanol–water partition coefficient (Wildman–Crippen LogP) is 2.30. The number of benzene rings is 1. The highest BCUT2D eigenvalue weighted by Crippen LogP contribution is 2.27. The number of aromatic carboxylic acids is 1. The molecule has 0 bridgehead atoms. The number of aromatic nitrogens is 2. The lowest BCUT2D eigenvalue weighted by Gasteiger charge is -2.05. The SMILES string of the molecule is N/C=C(/C(=O)NCc1cc2cc(Br)cc(C(=O)O)c2o1)c1ncccn1. The number of furan rings is 1. The second-order valence-corrected chi connectivity index (χ2v) is 6.14. The summed E-state index contributed by atoms with van der Waals surface area (Å²) in [4.78, 5) is 31.6. The average Bonchev–Trinajstić information content (AvgIpc) is 3.03. The molecule has 2 heterocycles. The Morgan fingerprint density at radius 2 is 2.00 bits per heavy atom. The number of halogens is 1. The van der Waals surface area contributed by atoms with E-state index >= 15 is 0 Å². The third kappa shape index (κ3) is 3.57. The summed E-state index contributed by atoms with van der Waals surface area (Å²) in [5, 5.41) is 12.5. The molecule has 0 aliphatic carbocycles. The van der Waals surface area contributed by atoms with Crippen molar-refractivity contribution < 1.29 is 19.1 Å². The standard InChI is InChI=1S/C17H13BrN4O4/c18-10-4-9-5-11(26-14(9)12(6-10)17(24)25)8-22-16(23)13(7-19)15-20-2-1-3-21-15/h1-7H,8,19H2,(H,22,23)(H,24,25)/b13-7+. The molecule has 0 fully saturated rings. The van der Waals surface area contributed by atoms with Crippen LogP contribution < -0.4 is 11.1 Å². The summed E-state index contributed by atoms with van der Waals surface area (Å²) in [6.45, 7) is 0.0500. The van der Waals surface area contributed by atoms with Gasteiger partial charge in [0.2, 0.25) is 0 Å². The fraction of sp³-hybridized carbons (Fsp3) is 0.0588. The van der Waals surface area contributed by atoms with Crippen LogP contribution in [0.1, 0.15) is 21.9 Å². The van der Waals surface area contributed by atoms with Crippen LogP contribution in [0.4, 0.5) is 0 Å². The zero-order valence-corrected chi connectivity index (χ0v) is 14.9. The van der Waals surface area contributed by atoms with E-state index in [1.54, 1.807) is 18.2 Å². The second-order valence-electron chi connectivity index (χ2n) is 5.22. The highest BCUT2D eigenvalue weighted by molar-refractivity contribution is 9.10. The number of carboxylic acids is 1. The van der Waals surface area contributed by atoms with Crippen molar-refractivity contribution in [2.75, 3.05) is 0 Å². The fourth-order valence-corrected chi connectivity index (χ4v) is 2.84. The van der Waals surface area contributed by atoms with E-state index in [2.05, 4.69) is 31.2 Å². The van der Waals surface area contributed by atoms with Crippen LogP contribution in [-0.4, -0.2) is 27.0 Å². The lowest BCUT2D eigenvalue weighted by Crippen LogP contribution is -2.25. The lowest BCUT2D eigenvalue weighted by molar-refractivity contribution is -0.115. The smallest absolute Gasteiger partial charge is 0.339 e. The first-order valence-electron chi connectivity index (χ1n) is 7.42. The molecule has 0 saturated heterocycles. The number of carbonyl (C=O) groups is 2. The molecule has 0 aliphatic heterocycles. The van der Waals surface area contributed by atoms with Crippen molar-refractivity contribution >= 4 is 44.3 Å². The average molecular weight is 417 g/mol. The zero-order chi connectivity index (χ0) is 18.7. The van der Waals surface area contributed by atoms with Gasteiger partial charge in [-0.1, -0.05) is 15.9 Å². The highest BCUT2D eigenvalue weighted by Gasteiger charge is 2.17. The van der Waals surface area contributed by atoms with Crippen molar-refractivity contribution in [2.45, 2.75) is 6.54 Å². The van der Waals surface area contributed by atoms with Crippen molar-refractivity contribution in [1.82, 2.24) is 15.3 Å². The predicted molar refractivity (Wildman–Crippen MR) is 96.9 cm³/mol. The molecule has 132 valence electrons. The molecule has 26 heavy (non-hydrogen) atoms. The van der Waals surface area contributed by atoms with E-state index in [9.17, 15) is 14.7 Å². The van der Waals surface area contributed by atoms with Gasteiger partial charge in [-0.05, 0) is 24.3 Å². The van der Waals surface area contributed by atoms with Crippen LogP contribution in [0.3, 0.4) is 0 Å². The molecule has 9 heteroatoms. The zero-order valence-electron chi connectivity index (χ0n) is 13.3. The van der Waals surface area contributed by atoms with Crippen molar-refractivity contribution in [3.63, 3.8) is 0 Å². The first-order valence-corrected chi connectivity index (χ1v) is 8.21. The van der Waals surface area contributed by atoms with Gasteiger partial charge in [-0.3, -0.25) is 4.79 Å². The third-order valence-electron chi connectivity index (χ3n) is 3.50. The molecule has 2 aromatic heterocycles. The molecule has 0 spiro atoms. The Kier molecular flexibility index (Phi) is 4.99. The Morgan fingerprint density at radius 3 is 2.65 bits per heavy atom. The summed E-state index contributed by atoms with van der Waals surface area (Å²) < 4.78 is 6.21. The molecule has 0 aliphatic rings. The molecule has 0 unspecified atom stereocenters. The van der Waals surface area contributed by atoms with Crippen LogP contribution in [0.25, 0.3) is 16.5 Å². The molecule has 0 atom stereocenters. The number of hydrogen-bond acceptors (Lipinski definition) is 6. The number of fused-ring (bicyclic) bond motifs is 1. The van der Waals surface area contributed by atoms with Gasteiger partial charge in [0.25, 0.3) is 5.91 Å². The number of nitrogens with two attached hydrogens (primary N) is 1. The molecular weight excluding hydrogens is 404 g/mol. The number of nitrogens with zero attached hydrogens (tertiary/aromatic N) is 2.